The molecule has 4 heterocycles. The highest BCUT2D eigenvalue weighted by Gasteiger charge is 2.34. The number of likely N-dealkylation sites (tertiary alicyclic amines) is 1. The van der Waals surface area contributed by atoms with Crippen LogP contribution in [0.25, 0.3) is 22.1 Å². The number of hydrogen-bond acceptors (Lipinski definition) is 5. The Hall–Kier alpha value is -2.61. The fourth-order valence-electron chi connectivity index (χ4n) is 4.87. The van der Waals surface area contributed by atoms with Crippen molar-refractivity contribution in [2.75, 3.05) is 19.6 Å². The third-order valence-corrected chi connectivity index (χ3v) is 6.51. The number of carbonyl (C=O) groups is 1. The van der Waals surface area contributed by atoms with E-state index in [4.69, 9.17) is 4.74 Å². The molecule has 8 heteroatoms. The van der Waals surface area contributed by atoms with Crippen LogP contribution in [-0.4, -0.2) is 61.8 Å². The summed E-state index contributed by atoms with van der Waals surface area (Å²) in [5.41, 5.74) is 2.65. The van der Waals surface area contributed by atoms with Crippen molar-refractivity contribution in [2.45, 2.75) is 64.1 Å². The molecule has 166 valence electrons. The van der Waals surface area contributed by atoms with Crippen molar-refractivity contribution in [1.29, 1.82) is 0 Å². The van der Waals surface area contributed by atoms with Gasteiger partial charge in [-0.05, 0) is 52.5 Å². The molecule has 8 nitrogen and oxygen atoms in total. The highest BCUT2D eigenvalue weighted by molar-refractivity contribution is 6.00. The zero-order chi connectivity index (χ0) is 21.6. The third-order valence-electron chi connectivity index (χ3n) is 6.51. The molecule has 1 aliphatic heterocycles. The summed E-state index contributed by atoms with van der Waals surface area (Å²) in [7, 11) is 0. The molecule has 1 saturated heterocycles. The average molecular weight is 425 g/mol. The van der Waals surface area contributed by atoms with Gasteiger partial charge in [0.15, 0.2) is 0 Å². The smallest absolute Gasteiger partial charge is 0.410 e. The van der Waals surface area contributed by atoms with E-state index in [-0.39, 0.29) is 6.09 Å². The minimum absolute atomic E-state index is 0.191. The number of fused-ring (bicyclic) bond motifs is 3. The summed E-state index contributed by atoms with van der Waals surface area (Å²) < 4.78 is 7.79. The number of pyridine rings is 1. The highest BCUT2D eigenvalue weighted by Crippen LogP contribution is 2.33. The van der Waals surface area contributed by atoms with Crippen molar-refractivity contribution in [3.8, 4) is 0 Å². The van der Waals surface area contributed by atoms with Crippen LogP contribution >= 0.6 is 0 Å². The lowest BCUT2D eigenvalue weighted by Gasteiger charge is -2.41. The molecule has 1 aliphatic carbocycles. The predicted octanol–water partition coefficient (Wildman–Crippen LogP) is 3.85. The normalized spacial score (nSPS) is 22.7. The molecule has 5 rings (SSSR count). The van der Waals surface area contributed by atoms with Crippen molar-refractivity contribution in [2.24, 2.45) is 5.92 Å². The van der Waals surface area contributed by atoms with E-state index in [1.165, 1.54) is 5.52 Å². The van der Waals surface area contributed by atoms with Crippen LogP contribution in [0, 0.1) is 5.92 Å². The van der Waals surface area contributed by atoms with Crippen LogP contribution in [0.4, 0.5) is 4.79 Å². The number of nitrogens with zero attached hydrogens (tertiary/aromatic N) is 4. The third kappa shape index (κ3) is 4.13. The lowest BCUT2D eigenvalue weighted by molar-refractivity contribution is -0.00126. The number of ether oxygens (including phenoxy) is 1. The topological polar surface area (TPSA) is 88.1 Å². The number of hydrogen-bond donors (Lipinski definition) is 2. The molecule has 0 atom stereocenters. The lowest BCUT2D eigenvalue weighted by atomic mass is 9.90. The van der Waals surface area contributed by atoms with Crippen LogP contribution in [0.5, 0.6) is 0 Å². The second kappa shape index (κ2) is 7.82. The summed E-state index contributed by atoms with van der Waals surface area (Å²) in [5, 5.41) is 4.89. The molecule has 2 aliphatic rings. The van der Waals surface area contributed by atoms with E-state index >= 15 is 0 Å². The van der Waals surface area contributed by atoms with Crippen molar-refractivity contribution in [1.82, 2.24) is 29.7 Å². The van der Waals surface area contributed by atoms with E-state index < -0.39 is 5.60 Å². The molecule has 0 aromatic carbocycles. The van der Waals surface area contributed by atoms with Gasteiger partial charge in [0.25, 0.3) is 0 Å². The van der Waals surface area contributed by atoms with E-state index in [0.717, 1.165) is 61.9 Å². The first-order valence-corrected chi connectivity index (χ1v) is 11.4. The Kier molecular flexibility index (Phi) is 5.12. The van der Waals surface area contributed by atoms with Crippen LogP contribution in [0.3, 0.4) is 0 Å². The van der Waals surface area contributed by atoms with E-state index in [2.05, 4.69) is 30.9 Å². The van der Waals surface area contributed by atoms with Crippen LogP contribution in [0.1, 0.15) is 52.5 Å². The van der Waals surface area contributed by atoms with Crippen LogP contribution in [-0.2, 0) is 4.74 Å². The van der Waals surface area contributed by atoms with Gasteiger partial charge in [-0.1, -0.05) is 0 Å². The quantitative estimate of drug-likeness (QED) is 0.664. The Morgan fingerprint density at radius 2 is 2.00 bits per heavy atom. The maximum absolute atomic E-state index is 12.1. The molecular weight excluding hydrogens is 392 g/mol. The van der Waals surface area contributed by atoms with E-state index in [1.54, 1.807) is 4.90 Å². The summed E-state index contributed by atoms with van der Waals surface area (Å²) >= 11 is 0. The molecule has 3 aromatic rings. The van der Waals surface area contributed by atoms with Gasteiger partial charge in [0, 0.05) is 49.2 Å². The first kappa shape index (κ1) is 20.3. The van der Waals surface area contributed by atoms with Crippen molar-refractivity contribution in [3.05, 3.63) is 24.8 Å². The lowest BCUT2D eigenvalue weighted by Crippen LogP contribution is -2.55. The largest absolute Gasteiger partial charge is 0.444 e. The standard InChI is InChI=1S/C23H32N6O2/c1-23(2,3)31-22(30)28-12-15(13-28)10-25-16-4-6-17(7-5-16)29-14-27-19-11-26-21-18(20(19)29)8-9-24-21/h8-9,11,14-17,25H,4-7,10,12-13H2,1-3H3,(H,24,26). The van der Waals surface area contributed by atoms with Gasteiger partial charge in [0.2, 0.25) is 0 Å². The second-order valence-corrected chi connectivity index (χ2v) is 10.0. The molecule has 0 radical (unpaired) electrons. The van der Waals surface area contributed by atoms with E-state index in [9.17, 15) is 4.79 Å². The molecule has 31 heavy (non-hydrogen) atoms. The Labute approximate surface area is 182 Å². The maximum atomic E-state index is 12.1. The highest BCUT2D eigenvalue weighted by atomic mass is 16.6. The molecule has 1 amide bonds. The Morgan fingerprint density at radius 3 is 2.74 bits per heavy atom. The SMILES string of the molecule is CC(C)(C)OC(=O)N1CC(CNC2CCC(n3cnc4cnc5[nH]ccc5c43)CC2)C1. The number of aromatic nitrogens is 4. The number of carbonyl (C=O) groups excluding carboxylic acids is 1. The monoisotopic (exact) mass is 424 g/mol. The summed E-state index contributed by atoms with van der Waals surface area (Å²) in [4.78, 5) is 26.1. The van der Waals surface area contributed by atoms with Crippen LogP contribution in [0.15, 0.2) is 24.8 Å². The summed E-state index contributed by atoms with van der Waals surface area (Å²) in [5.74, 6) is 0.525. The van der Waals surface area contributed by atoms with Crippen molar-refractivity contribution < 1.29 is 9.53 Å². The molecule has 0 bridgehead atoms. The Morgan fingerprint density at radius 1 is 1.23 bits per heavy atom. The number of amides is 1. The van der Waals surface area contributed by atoms with Gasteiger partial charge in [-0.3, -0.25) is 0 Å². The fourth-order valence-corrected chi connectivity index (χ4v) is 4.87. The van der Waals surface area contributed by atoms with Gasteiger partial charge in [-0.2, -0.15) is 0 Å². The van der Waals surface area contributed by atoms with E-state index in [0.29, 0.717) is 18.0 Å². The minimum Gasteiger partial charge on any atom is -0.444 e. The molecule has 0 unspecified atom stereocenters. The minimum atomic E-state index is -0.428. The van der Waals surface area contributed by atoms with E-state index in [1.807, 2.05) is 39.5 Å². The first-order chi connectivity index (χ1) is 14.9. The van der Waals surface area contributed by atoms with Crippen LogP contribution < -0.4 is 5.32 Å². The molecular formula is C23H32N6O2. The van der Waals surface area contributed by atoms with Gasteiger partial charge in [-0.25, -0.2) is 14.8 Å². The Bertz CT molecular complexity index is 1070. The van der Waals surface area contributed by atoms with Gasteiger partial charge in [0.05, 0.1) is 18.0 Å². The summed E-state index contributed by atoms with van der Waals surface area (Å²) in [6, 6.07) is 3.13. The van der Waals surface area contributed by atoms with Crippen LogP contribution in [0.2, 0.25) is 0 Å². The molecule has 0 spiro atoms. The fraction of sp³-hybridized carbons (Fsp3) is 0.609. The van der Waals surface area contributed by atoms with Gasteiger partial charge in [0.1, 0.15) is 16.8 Å². The molecule has 1 saturated carbocycles. The van der Waals surface area contributed by atoms with Gasteiger partial charge in [-0.15, -0.1) is 0 Å². The average Bonchev–Trinajstić information content (AvgIpc) is 3.32. The van der Waals surface area contributed by atoms with Gasteiger partial charge < -0.3 is 24.5 Å². The van der Waals surface area contributed by atoms with Crippen molar-refractivity contribution >= 4 is 28.2 Å². The first-order valence-electron chi connectivity index (χ1n) is 11.4. The zero-order valence-corrected chi connectivity index (χ0v) is 18.6. The van der Waals surface area contributed by atoms with Gasteiger partial charge >= 0.3 is 6.09 Å². The number of aromatic amines is 1. The zero-order valence-electron chi connectivity index (χ0n) is 18.6. The molecule has 2 fully saturated rings. The number of nitrogens with one attached hydrogen (secondary N) is 2. The Balaban J connectivity index is 1.11. The number of imidazole rings is 1. The molecule has 3 aromatic heterocycles. The number of H-pyrrole nitrogens is 1. The maximum Gasteiger partial charge on any atom is 0.410 e. The number of rotatable bonds is 4. The second-order valence-electron chi connectivity index (χ2n) is 10.0. The van der Waals surface area contributed by atoms with Crippen molar-refractivity contribution in [3.63, 3.8) is 0 Å². The predicted molar refractivity (Wildman–Crippen MR) is 120 cm³/mol. The summed E-state index contributed by atoms with van der Waals surface area (Å²) in [6.07, 6.45) is 10.2. The summed E-state index contributed by atoms with van der Waals surface area (Å²) in [6.45, 7) is 8.27. The molecule has 2 N–H and O–H groups in total.